The zero-order chi connectivity index (χ0) is 14.8. The van der Waals surface area contributed by atoms with Gasteiger partial charge in [0.25, 0.3) is 0 Å². The minimum atomic E-state index is 0.558. The highest BCUT2D eigenvalue weighted by atomic mass is 35.5. The second-order valence-corrected chi connectivity index (χ2v) is 6.42. The molecular weight excluding hydrogens is 329 g/mol. The Kier molecular flexibility index (Phi) is 4.52. The molecule has 0 spiro atoms. The lowest BCUT2D eigenvalue weighted by atomic mass is 10.2. The van der Waals surface area contributed by atoms with Crippen LogP contribution in [0.3, 0.4) is 0 Å². The molecular formula is C14H13Cl2N3OS. The summed E-state index contributed by atoms with van der Waals surface area (Å²) in [6.45, 7) is 0. The van der Waals surface area contributed by atoms with Crippen molar-refractivity contribution in [3.8, 4) is 5.88 Å². The van der Waals surface area contributed by atoms with Crippen molar-refractivity contribution in [2.75, 3.05) is 7.11 Å². The molecule has 0 N–H and O–H groups in total. The maximum Gasteiger partial charge on any atom is 0.220 e. The molecule has 4 nitrogen and oxygen atoms in total. The van der Waals surface area contributed by atoms with Crippen LogP contribution in [0.1, 0.15) is 23.2 Å². The Balaban J connectivity index is 1.83. The standard InChI is InChI=1S/C14H13Cl2N3OS/c1-20-13-8-3-2-4-12(8)18-14(19-13)21-7-9-10(15)5-17-6-11(9)16/h5-6H,2-4,7H2,1H3. The van der Waals surface area contributed by atoms with Crippen molar-refractivity contribution >= 4 is 35.0 Å². The first kappa shape index (κ1) is 14.9. The summed E-state index contributed by atoms with van der Waals surface area (Å²) in [5.41, 5.74) is 3.08. The third-order valence-electron chi connectivity index (χ3n) is 3.37. The molecule has 110 valence electrons. The molecule has 0 saturated carbocycles. The quantitative estimate of drug-likeness (QED) is 0.622. The van der Waals surface area contributed by atoms with Crippen molar-refractivity contribution < 1.29 is 4.74 Å². The molecule has 0 aromatic carbocycles. The van der Waals surface area contributed by atoms with Gasteiger partial charge in [0, 0.05) is 29.3 Å². The molecule has 0 amide bonds. The molecule has 0 saturated heterocycles. The molecule has 0 unspecified atom stereocenters. The van der Waals surface area contributed by atoms with Crippen molar-refractivity contribution in [1.29, 1.82) is 0 Å². The molecule has 21 heavy (non-hydrogen) atoms. The minimum absolute atomic E-state index is 0.558. The molecule has 0 radical (unpaired) electrons. The van der Waals surface area contributed by atoms with Crippen LogP contribution in [-0.2, 0) is 18.6 Å². The molecule has 7 heteroatoms. The fraction of sp³-hybridized carbons (Fsp3) is 0.357. The van der Waals surface area contributed by atoms with Crippen LogP contribution >= 0.6 is 35.0 Å². The SMILES string of the molecule is COc1nc(SCc2c(Cl)cncc2Cl)nc2c1CCC2. The Morgan fingerprint density at radius 2 is 1.95 bits per heavy atom. The van der Waals surface area contributed by atoms with Crippen LogP contribution in [0.15, 0.2) is 17.6 Å². The number of hydrogen-bond acceptors (Lipinski definition) is 5. The highest BCUT2D eigenvalue weighted by molar-refractivity contribution is 7.98. The van der Waals surface area contributed by atoms with Crippen molar-refractivity contribution in [3.63, 3.8) is 0 Å². The molecule has 3 rings (SSSR count). The topological polar surface area (TPSA) is 47.9 Å². The Morgan fingerprint density at radius 1 is 1.19 bits per heavy atom. The Labute approximate surface area is 137 Å². The number of aromatic nitrogens is 3. The van der Waals surface area contributed by atoms with Crippen molar-refractivity contribution in [1.82, 2.24) is 15.0 Å². The first-order valence-corrected chi connectivity index (χ1v) is 8.27. The number of halogens is 2. The van der Waals surface area contributed by atoms with Crippen LogP contribution in [-0.4, -0.2) is 22.1 Å². The average Bonchev–Trinajstić information content (AvgIpc) is 2.94. The van der Waals surface area contributed by atoms with Crippen molar-refractivity contribution in [2.45, 2.75) is 30.2 Å². The van der Waals surface area contributed by atoms with E-state index in [4.69, 9.17) is 27.9 Å². The van der Waals surface area contributed by atoms with Gasteiger partial charge in [0.05, 0.1) is 22.8 Å². The first-order chi connectivity index (χ1) is 10.2. The molecule has 0 aliphatic heterocycles. The lowest BCUT2D eigenvalue weighted by Crippen LogP contribution is -2.00. The molecule has 0 bridgehead atoms. The van der Waals surface area contributed by atoms with Gasteiger partial charge in [-0.2, -0.15) is 4.98 Å². The second kappa shape index (κ2) is 6.38. The van der Waals surface area contributed by atoms with E-state index >= 15 is 0 Å². The van der Waals surface area contributed by atoms with Gasteiger partial charge in [-0.15, -0.1) is 0 Å². The molecule has 0 fully saturated rings. The Morgan fingerprint density at radius 3 is 2.67 bits per heavy atom. The number of pyridine rings is 1. The molecule has 2 aromatic rings. The summed E-state index contributed by atoms with van der Waals surface area (Å²) >= 11 is 13.7. The predicted octanol–water partition coefficient (Wildman–Crippen LogP) is 3.97. The van der Waals surface area contributed by atoms with Gasteiger partial charge < -0.3 is 4.74 Å². The van der Waals surface area contributed by atoms with E-state index in [0.29, 0.717) is 26.8 Å². The largest absolute Gasteiger partial charge is 0.481 e. The van der Waals surface area contributed by atoms with Crippen LogP contribution in [0.4, 0.5) is 0 Å². The van der Waals surface area contributed by atoms with Gasteiger partial charge in [0.15, 0.2) is 5.16 Å². The molecule has 2 aromatic heterocycles. The predicted molar refractivity (Wildman–Crippen MR) is 84.4 cm³/mol. The fourth-order valence-corrected chi connectivity index (χ4v) is 3.89. The molecule has 1 aliphatic carbocycles. The zero-order valence-corrected chi connectivity index (χ0v) is 13.7. The second-order valence-electron chi connectivity index (χ2n) is 4.66. The van der Waals surface area contributed by atoms with Crippen LogP contribution in [0.25, 0.3) is 0 Å². The highest BCUT2D eigenvalue weighted by Crippen LogP contribution is 2.33. The van der Waals surface area contributed by atoms with E-state index < -0.39 is 0 Å². The lowest BCUT2D eigenvalue weighted by Gasteiger charge is -2.09. The Hall–Kier alpha value is -1.04. The van der Waals surface area contributed by atoms with E-state index in [9.17, 15) is 0 Å². The summed E-state index contributed by atoms with van der Waals surface area (Å²) in [7, 11) is 1.64. The van der Waals surface area contributed by atoms with Crippen LogP contribution in [0.2, 0.25) is 10.0 Å². The van der Waals surface area contributed by atoms with Crippen LogP contribution in [0, 0.1) is 0 Å². The number of rotatable bonds is 4. The number of aryl methyl sites for hydroxylation is 1. The summed E-state index contributed by atoms with van der Waals surface area (Å²) in [6.07, 6.45) is 6.27. The lowest BCUT2D eigenvalue weighted by molar-refractivity contribution is 0.387. The van der Waals surface area contributed by atoms with Gasteiger partial charge >= 0.3 is 0 Å². The minimum Gasteiger partial charge on any atom is -0.481 e. The van der Waals surface area contributed by atoms with E-state index in [2.05, 4.69) is 15.0 Å². The molecule has 1 aliphatic rings. The van der Waals surface area contributed by atoms with Gasteiger partial charge in [-0.3, -0.25) is 4.98 Å². The summed E-state index contributed by atoms with van der Waals surface area (Å²) in [5, 5.41) is 1.81. The van der Waals surface area contributed by atoms with Crippen molar-refractivity contribution in [3.05, 3.63) is 39.3 Å². The zero-order valence-electron chi connectivity index (χ0n) is 11.4. The number of thioether (sulfide) groups is 1. The van der Waals surface area contributed by atoms with Crippen LogP contribution in [0.5, 0.6) is 5.88 Å². The number of methoxy groups -OCH3 is 1. The number of ether oxygens (including phenoxy) is 1. The first-order valence-electron chi connectivity index (χ1n) is 6.53. The van der Waals surface area contributed by atoms with Crippen molar-refractivity contribution in [2.24, 2.45) is 0 Å². The number of nitrogens with zero attached hydrogens (tertiary/aromatic N) is 3. The number of fused-ring (bicyclic) bond motifs is 1. The number of hydrogen-bond donors (Lipinski definition) is 0. The normalized spacial score (nSPS) is 13.3. The third-order valence-corrected chi connectivity index (χ3v) is 4.89. The van der Waals surface area contributed by atoms with Crippen LogP contribution < -0.4 is 4.74 Å². The summed E-state index contributed by atoms with van der Waals surface area (Å²) in [6, 6.07) is 0. The van der Waals surface area contributed by atoms with Gasteiger partial charge in [-0.1, -0.05) is 35.0 Å². The van der Waals surface area contributed by atoms with E-state index in [1.807, 2.05) is 0 Å². The molecule has 2 heterocycles. The van der Waals surface area contributed by atoms with E-state index in [1.54, 1.807) is 19.5 Å². The monoisotopic (exact) mass is 341 g/mol. The highest BCUT2D eigenvalue weighted by Gasteiger charge is 2.20. The third kappa shape index (κ3) is 3.10. The van der Waals surface area contributed by atoms with Gasteiger partial charge in [-0.05, 0) is 19.3 Å². The maximum absolute atomic E-state index is 6.12. The summed E-state index contributed by atoms with van der Waals surface area (Å²) in [5.74, 6) is 1.29. The van der Waals surface area contributed by atoms with E-state index in [1.165, 1.54) is 11.8 Å². The maximum atomic E-state index is 6.12. The van der Waals surface area contributed by atoms with E-state index in [0.717, 1.165) is 36.1 Å². The fourth-order valence-electron chi connectivity index (χ4n) is 2.32. The summed E-state index contributed by atoms with van der Waals surface area (Å²) in [4.78, 5) is 13.0. The van der Waals surface area contributed by atoms with Gasteiger partial charge in [0.1, 0.15) is 0 Å². The molecule has 0 atom stereocenters. The van der Waals surface area contributed by atoms with Gasteiger partial charge in [-0.25, -0.2) is 4.98 Å². The summed E-state index contributed by atoms with van der Waals surface area (Å²) < 4.78 is 5.37. The smallest absolute Gasteiger partial charge is 0.220 e. The average molecular weight is 342 g/mol. The Bertz CT molecular complexity index is 661. The van der Waals surface area contributed by atoms with E-state index in [-0.39, 0.29) is 0 Å². The van der Waals surface area contributed by atoms with Gasteiger partial charge in [0.2, 0.25) is 5.88 Å².